The molecule has 0 bridgehead atoms. The lowest BCUT2D eigenvalue weighted by molar-refractivity contribution is 0.0466. The van der Waals surface area contributed by atoms with E-state index in [9.17, 15) is 0 Å². The number of rotatable bonds is 6. The Morgan fingerprint density at radius 3 is 2.70 bits per heavy atom. The van der Waals surface area contributed by atoms with Gasteiger partial charge in [0.05, 0.1) is 12.2 Å². The third-order valence-corrected chi connectivity index (χ3v) is 4.79. The Hall–Kier alpha value is -0.570. The number of halogens is 1. The predicted octanol–water partition coefficient (Wildman–Crippen LogP) is 4.13. The first-order valence-corrected chi connectivity index (χ1v) is 8.23. The first-order chi connectivity index (χ1) is 9.72. The standard InChI is InChI=1S/C17H24ClNO/c1-12-6-9-15(20-12)10-13(11-19-14-7-8-14)16-4-2-3-5-17(16)18/h2-5,12-15,19H,6-11H2,1H3. The molecule has 3 atom stereocenters. The monoisotopic (exact) mass is 293 g/mol. The lowest BCUT2D eigenvalue weighted by atomic mass is 9.92. The van der Waals surface area contributed by atoms with Crippen LogP contribution in [0.1, 0.15) is 50.5 Å². The van der Waals surface area contributed by atoms with Crippen LogP contribution < -0.4 is 5.32 Å². The summed E-state index contributed by atoms with van der Waals surface area (Å²) in [7, 11) is 0. The van der Waals surface area contributed by atoms with E-state index in [1.165, 1.54) is 31.2 Å². The molecule has 0 radical (unpaired) electrons. The highest BCUT2D eigenvalue weighted by molar-refractivity contribution is 6.31. The molecule has 1 saturated carbocycles. The van der Waals surface area contributed by atoms with E-state index >= 15 is 0 Å². The Kier molecular flexibility index (Phi) is 4.65. The molecule has 2 nitrogen and oxygen atoms in total. The zero-order chi connectivity index (χ0) is 13.9. The first-order valence-electron chi connectivity index (χ1n) is 7.85. The Bertz CT molecular complexity index is 446. The molecule has 110 valence electrons. The van der Waals surface area contributed by atoms with Crippen LogP contribution >= 0.6 is 11.6 Å². The predicted molar refractivity (Wildman–Crippen MR) is 83.4 cm³/mol. The molecule has 2 aliphatic rings. The van der Waals surface area contributed by atoms with E-state index in [1.54, 1.807) is 0 Å². The van der Waals surface area contributed by atoms with Gasteiger partial charge in [0.1, 0.15) is 0 Å². The molecule has 3 heteroatoms. The molecule has 1 aromatic carbocycles. The third-order valence-electron chi connectivity index (χ3n) is 4.44. The van der Waals surface area contributed by atoms with Gasteiger partial charge in [-0.3, -0.25) is 0 Å². The second kappa shape index (κ2) is 6.46. The van der Waals surface area contributed by atoms with Gasteiger partial charge in [-0.25, -0.2) is 0 Å². The first kappa shape index (κ1) is 14.4. The van der Waals surface area contributed by atoms with Crippen molar-refractivity contribution >= 4 is 11.6 Å². The number of ether oxygens (including phenoxy) is 1. The van der Waals surface area contributed by atoms with E-state index in [2.05, 4.69) is 24.4 Å². The largest absolute Gasteiger partial charge is 0.375 e. The zero-order valence-electron chi connectivity index (χ0n) is 12.1. The topological polar surface area (TPSA) is 21.3 Å². The van der Waals surface area contributed by atoms with Gasteiger partial charge in [-0.15, -0.1) is 0 Å². The fraction of sp³-hybridized carbons (Fsp3) is 0.647. The van der Waals surface area contributed by atoms with Crippen LogP contribution in [-0.4, -0.2) is 24.8 Å². The third kappa shape index (κ3) is 3.75. The van der Waals surface area contributed by atoms with Crippen LogP contribution in [0.15, 0.2) is 24.3 Å². The molecule has 1 N–H and O–H groups in total. The van der Waals surface area contributed by atoms with E-state index in [0.717, 1.165) is 24.0 Å². The lowest BCUT2D eigenvalue weighted by Gasteiger charge is -2.23. The summed E-state index contributed by atoms with van der Waals surface area (Å²) in [5.74, 6) is 0.458. The Labute approximate surface area is 126 Å². The van der Waals surface area contributed by atoms with Gasteiger partial charge in [-0.1, -0.05) is 29.8 Å². The molecule has 3 rings (SSSR count). The number of hydrogen-bond acceptors (Lipinski definition) is 2. The van der Waals surface area contributed by atoms with Crippen LogP contribution in [0, 0.1) is 0 Å². The second-order valence-corrected chi connectivity index (χ2v) is 6.69. The lowest BCUT2D eigenvalue weighted by Crippen LogP contribution is -2.26. The quantitative estimate of drug-likeness (QED) is 0.851. The van der Waals surface area contributed by atoms with E-state index in [-0.39, 0.29) is 0 Å². The summed E-state index contributed by atoms with van der Waals surface area (Å²) in [5, 5.41) is 4.54. The van der Waals surface area contributed by atoms with Crippen LogP contribution in [0.25, 0.3) is 0 Å². The van der Waals surface area contributed by atoms with Crippen LogP contribution in [0.3, 0.4) is 0 Å². The van der Waals surface area contributed by atoms with Crippen molar-refractivity contribution in [3.8, 4) is 0 Å². The maximum absolute atomic E-state index is 6.40. The molecular formula is C17H24ClNO. The highest BCUT2D eigenvalue weighted by Gasteiger charge is 2.28. The van der Waals surface area contributed by atoms with Gasteiger partial charge >= 0.3 is 0 Å². The Morgan fingerprint density at radius 2 is 2.05 bits per heavy atom. The SMILES string of the molecule is CC1CCC(CC(CNC2CC2)c2ccccc2Cl)O1. The smallest absolute Gasteiger partial charge is 0.0586 e. The van der Waals surface area contributed by atoms with Crippen LogP contribution in [0.4, 0.5) is 0 Å². The molecule has 0 aromatic heterocycles. The summed E-state index contributed by atoms with van der Waals surface area (Å²) in [6.07, 6.45) is 6.92. The van der Waals surface area contributed by atoms with Crippen LogP contribution in [-0.2, 0) is 4.74 Å². The maximum Gasteiger partial charge on any atom is 0.0586 e. The van der Waals surface area contributed by atoms with Gasteiger partial charge in [0.2, 0.25) is 0 Å². The van der Waals surface area contributed by atoms with Gasteiger partial charge in [0, 0.05) is 23.5 Å². The van der Waals surface area contributed by atoms with Gasteiger partial charge < -0.3 is 10.1 Å². The van der Waals surface area contributed by atoms with Crippen molar-refractivity contribution in [3.63, 3.8) is 0 Å². The minimum Gasteiger partial charge on any atom is -0.375 e. The molecule has 3 unspecified atom stereocenters. The fourth-order valence-electron chi connectivity index (χ4n) is 3.10. The number of nitrogens with one attached hydrogen (secondary N) is 1. The number of hydrogen-bond donors (Lipinski definition) is 1. The van der Waals surface area contributed by atoms with E-state index < -0.39 is 0 Å². The average Bonchev–Trinajstić information content (AvgIpc) is 3.18. The van der Waals surface area contributed by atoms with Crippen molar-refractivity contribution in [2.75, 3.05) is 6.54 Å². The van der Waals surface area contributed by atoms with E-state index in [1.807, 2.05) is 12.1 Å². The van der Waals surface area contributed by atoms with E-state index in [0.29, 0.717) is 18.1 Å². The molecular weight excluding hydrogens is 270 g/mol. The molecule has 0 spiro atoms. The maximum atomic E-state index is 6.40. The highest BCUT2D eigenvalue weighted by atomic mass is 35.5. The summed E-state index contributed by atoms with van der Waals surface area (Å²) < 4.78 is 6.00. The van der Waals surface area contributed by atoms with Crippen molar-refractivity contribution < 1.29 is 4.74 Å². The molecule has 1 aromatic rings. The summed E-state index contributed by atoms with van der Waals surface area (Å²) in [4.78, 5) is 0. The highest BCUT2D eigenvalue weighted by Crippen LogP contribution is 2.33. The molecule has 0 amide bonds. The van der Waals surface area contributed by atoms with Crippen molar-refractivity contribution in [1.82, 2.24) is 5.32 Å². The minimum atomic E-state index is 0.396. The summed E-state index contributed by atoms with van der Waals surface area (Å²) in [6.45, 7) is 3.19. The normalized spacial score (nSPS) is 27.7. The van der Waals surface area contributed by atoms with Gasteiger partial charge in [0.25, 0.3) is 0 Å². The minimum absolute atomic E-state index is 0.396. The van der Waals surface area contributed by atoms with Gasteiger partial charge in [-0.2, -0.15) is 0 Å². The van der Waals surface area contributed by atoms with Gasteiger partial charge in [0.15, 0.2) is 0 Å². The van der Waals surface area contributed by atoms with Crippen molar-refractivity contribution in [2.24, 2.45) is 0 Å². The summed E-state index contributed by atoms with van der Waals surface area (Å²) >= 11 is 6.40. The molecule has 1 aliphatic heterocycles. The van der Waals surface area contributed by atoms with Crippen molar-refractivity contribution in [3.05, 3.63) is 34.9 Å². The molecule has 1 aliphatic carbocycles. The van der Waals surface area contributed by atoms with Crippen molar-refractivity contribution in [2.45, 2.75) is 63.2 Å². The second-order valence-electron chi connectivity index (χ2n) is 6.28. The summed E-state index contributed by atoms with van der Waals surface area (Å²) in [6, 6.07) is 9.00. The summed E-state index contributed by atoms with van der Waals surface area (Å²) in [5.41, 5.74) is 1.27. The Morgan fingerprint density at radius 1 is 1.25 bits per heavy atom. The van der Waals surface area contributed by atoms with E-state index in [4.69, 9.17) is 16.3 Å². The molecule has 2 fully saturated rings. The Balaban J connectivity index is 1.67. The van der Waals surface area contributed by atoms with Crippen LogP contribution in [0.5, 0.6) is 0 Å². The number of benzene rings is 1. The molecule has 20 heavy (non-hydrogen) atoms. The average molecular weight is 294 g/mol. The molecule has 1 heterocycles. The van der Waals surface area contributed by atoms with Gasteiger partial charge in [-0.05, 0) is 50.7 Å². The molecule has 1 saturated heterocycles. The van der Waals surface area contributed by atoms with Crippen LogP contribution in [0.2, 0.25) is 5.02 Å². The fourth-order valence-corrected chi connectivity index (χ4v) is 3.39. The zero-order valence-corrected chi connectivity index (χ0v) is 12.9. The van der Waals surface area contributed by atoms with Crippen molar-refractivity contribution in [1.29, 1.82) is 0 Å².